The highest BCUT2D eigenvalue weighted by atomic mass is 127. The number of hydrogen-bond donors (Lipinski definition) is 2. The fraction of sp³-hybridized carbons (Fsp3) is 0.381. The van der Waals surface area contributed by atoms with E-state index in [1.807, 2.05) is 12.1 Å². The quantitative estimate of drug-likeness (QED) is 0.357. The zero-order chi connectivity index (χ0) is 19.6. The van der Waals surface area contributed by atoms with E-state index in [4.69, 9.17) is 0 Å². The second-order valence-corrected chi connectivity index (χ2v) is 9.09. The van der Waals surface area contributed by atoms with Crippen molar-refractivity contribution in [3.05, 3.63) is 65.2 Å². The minimum atomic E-state index is -3.40. The van der Waals surface area contributed by atoms with Crippen molar-refractivity contribution in [3.63, 3.8) is 0 Å². The third-order valence-electron chi connectivity index (χ3n) is 5.23. The molecule has 0 amide bonds. The van der Waals surface area contributed by atoms with Crippen molar-refractivity contribution in [1.82, 2.24) is 14.9 Å². The van der Waals surface area contributed by atoms with Crippen molar-refractivity contribution in [2.24, 2.45) is 4.99 Å². The highest BCUT2D eigenvalue weighted by Gasteiger charge is 2.27. The predicted molar refractivity (Wildman–Crippen MR) is 126 cm³/mol. The summed E-state index contributed by atoms with van der Waals surface area (Å²) in [5.41, 5.74) is 3.77. The SMILES string of the molecule is CN=C(NCc1ccc(S(=O)(=O)NC2CC2)cc1)N1CCc2ccccc2C1.I. The molecule has 29 heavy (non-hydrogen) atoms. The van der Waals surface area contributed by atoms with Crippen LogP contribution < -0.4 is 10.0 Å². The topological polar surface area (TPSA) is 73.8 Å². The van der Waals surface area contributed by atoms with E-state index >= 15 is 0 Å². The van der Waals surface area contributed by atoms with Crippen LogP contribution in [0.15, 0.2) is 58.4 Å². The normalized spacial score (nSPS) is 16.7. The van der Waals surface area contributed by atoms with Gasteiger partial charge in [-0.3, -0.25) is 4.99 Å². The highest BCUT2D eigenvalue weighted by molar-refractivity contribution is 14.0. The first-order valence-corrected chi connectivity index (χ1v) is 11.2. The monoisotopic (exact) mass is 526 g/mol. The van der Waals surface area contributed by atoms with E-state index in [1.54, 1.807) is 19.2 Å². The molecule has 1 saturated carbocycles. The lowest BCUT2D eigenvalue weighted by Gasteiger charge is -2.31. The van der Waals surface area contributed by atoms with Crippen LogP contribution in [0.5, 0.6) is 0 Å². The second-order valence-electron chi connectivity index (χ2n) is 7.38. The molecule has 2 aromatic rings. The predicted octanol–water partition coefficient (Wildman–Crippen LogP) is 2.88. The van der Waals surface area contributed by atoms with Gasteiger partial charge >= 0.3 is 0 Å². The molecule has 156 valence electrons. The van der Waals surface area contributed by atoms with Crippen molar-refractivity contribution >= 4 is 40.0 Å². The average Bonchev–Trinajstić information content (AvgIpc) is 3.52. The van der Waals surface area contributed by atoms with Crippen LogP contribution in [-0.4, -0.2) is 38.9 Å². The summed E-state index contributed by atoms with van der Waals surface area (Å²) in [6.45, 7) is 2.38. The molecule has 1 aliphatic carbocycles. The smallest absolute Gasteiger partial charge is 0.240 e. The Morgan fingerprint density at radius 3 is 2.45 bits per heavy atom. The van der Waals surface area contributed by atoms with Crippen molar-refractivity contribution in [2.75, 3.05) is 13.6 Å². The number of hydrogen-bond acceptors (Lipinski definition) is 3. The molecule has 4 rings (SSSR count). The van der Waals surface area contributed by atoms with E-state index < -0.39 is 10.0 Å². The van der Waals surface area contributed by atoms with Gasteiger partial charge < -0.3 is 10.2 Å². The Kier molecular flexibility index (Phi) is 7.18. The Balaban J connectivity index is 0.00000240. The summed E-state index contributed by atoms with van der Waals surface area (Å²) in [5.74, 6) is 0.863. The molecule has 0 atom stereocenters. The summed E-state index contributed by atoms with van der Waals surface area (Å²) in [6.07, 6.45) is 2.88. The molecule has 0 spiro atoms. The van der Waals surface area contributed by atoms with Gasteiger partial charge in [-0.1, -0.05) is 36.4 Å². The first kappa shape index (κ1) is 22.0. The van der Waals surface area contributed by atoms with Crippen LogP contribution in [0, 0.1) is 0 Å². The van der Waals surface area contributed by atoms with Gasteiger partial charge in [0.2, 0.25) is 10.0 Å². The van der Waals surface area contributed by atoms with E-state index in [0.29, 0.717) is 11.4 Å². The Labute approximate surface area is 189 Å². The summed E-state index contributed by atoms with van der Waals surface area (Å²) in [7, 11) is -1.60. The number of rotatable bonds is 5. The first-order chi connectivity index (χ1) is 13.5. The fourth-order valence-electron chi connectivity index (χ4n) is 3.47. The third kappa shape index (κ3) is 5.49. The Morgan fingerprint density at radius 2 is 1.79 bits per heavy atom. The first-order valence-electron chi connectivity index (χ1n) is 9.69. The fourth-order valence-corrected chi connectivity index (χ4v) is 4.77. The van der Waals surface area contributed by atoms with Crippen LogP contribution in [-0.2, 0) is 29.5 Å². The lowest BCUT2D eigenvalue weighted by atomic mass is 10.0. The summed E-state index contributed by atoms with van der Waals surface area (Å²) >= 11 is 0. The summed E-state index contributed by atoms with van der Waals surface area (Å²) in [6, 6.07) is 15.7. The van der Waals surface area contributed by atoms with Gasteiger partial charge in [0.05, 0.1) is 4.90 Å². The molecule has 2 aromatic carbocycles. The molecule has 0 bridgehead atoms. The molecule has 0 unspecified atom stereocenters. The number of benzene rings is 2. The molecular weight excluding hydrogens is 499 g/mol. The van der Waals surface area contributed by atoms with Gasteiger partial charge in [0.25, 0.3) is 0 Å². The lowest BCUT2D eigenvalue weighted by Crippen LogP contribution is -2.43. The molecule has 1 aliphatic heterocycles. The van der Waals surface area contributed by atoms with Crippen LogP contribution in [0.4, 0.5) is 0 Å². The minimum absolute atomic E-state index is 0. The molecule has 0 radical (unpaired) electrons. The molecule has 0 aromatic heterocycles. The summed E-state index contributed by atoms with van der Waals surface area (Å²) in [5, 5.41) is 3.40. The van der Waals surface area contributed by atoms with Gasteiger partial charge in [-0.05, 0) is 48.1 Å². The van der Waals surface area contributed by atoms with E-state index in [-0.39, 0.29) is 30.0 Å². The van der Waals surface area contributed by atoms with Crippen LogP contribution >= 0.6 is 24.0 Å². The Hall–Kier alpha value is -1.65. The largest absolute Gasteiger partial charge is 0.352 e. The van der Waals surface area contributed by atoms with Crippen LogP contribution in [0.2, 0.25) is 0 Å². The van der Waals surface area contributed by atoms with E-state index in [0.717, 1.165) is 43.9 Å². The van der Waals surface area contributed by atoms with Crippen LogP contribution in [0.3, 0.4) is 0 Å². The molecule has 6 nitrogen and oxygen atoms in total. The molecule has 2 aliphatic rings. The number of nitrogens with one attached hydrogen (secondary N) is 2. The number of nitrogens with zero attached hydrogens (tertiary/aromatic N) is 2. The number of aliphatic imine (C=N–C) groups is 1. The average molecular weight is 526 g/mol. The summed E-state index contributed by atoms with van der Waals surface area (Å²) in [4.78, 5) is 6.99. The van der Waals surface area contributed by atoms with Crippen molar-refractivity contribution < 1.29 is 8.42 Å². The van der Waals surface area contributed by atoms with Gasteiger partial charge in [0, 0.05) is 32.7 Å². The van der Waals surface area contributed by atoms with Crippen molar-refractivity contribution in [2.45, 2.75) is 43.3 Å². The van der Waals surface area contributed by atoms with Gasteiger partial charge in [0.15, 0.2) is 5.96 Å². The van der Waals surface area contributed by atoms with Crippen molar-refractivity contribution in [3.8, 4) is 0 Å². The minimum Gasteiger partial charge on any atom is -0.352 e. The van der Waals surface area contributed by atoms with Gasteiger partial charge in [-0.15, -0.1) is 24.0 Å². The molecule has 1 heterocycles. The lowest BCUT2D eigenvalue weighted by molar-refractivity contribution is 0.378. The number of fused-ring (bicyclic) bond motifs is 1. The van der Waals surface area contributed by atoms with Crippen LogP contribution in [0.1, 0.15) is 29.5 Å². The highest BCUT2D eigenvalue weighted by Crippen LogP contribution is 2.22. The Morgan fingerprint density at radius 1 is 1.10 bits per heavy atom. The maximum Gasteiger partial charge on any atom is 0.240 e. The number of halogens is 1. The van der Waals surface area contributed by atoms with E-state index in [9.17, 15) is 8.42 Å². The Bertz CT molecular complexity index is 972. The second kappa shape index (κ2) is 9.44. The molecule has 0 saturated heterocycles. The van der Waals surface area contributed by atoms with Gasteiger partial charge in [-0.2, -0.15) is 0 Å². The van der Waals surface area contributed by atoms with Crippen molar-refractivity contribution in [1.29, 1.82) is 0 Å². The molecule has 8 heteroatoms. The van der Waals surface area contributed by atoms with Gasteiger partial charge in [0.1, 0.15) is 0 Å². The molecule has 1 fully saturated rings. The zero-order valence-corrected chi connectivity index (χ0v) is 19.6. The molecular formula is C21H27IN4O2S. The maximum atomic E-state index is 12.3. The maximum absolute atomic E-state index is 12.3. The molecule has 2 N–H and O–H groups in total. The number of sulfonamides is 1. The van der Waals surface area contributed by atoms with Crippen LogP contribution in [0.25, 0.3) is 0 Å². The summed E-state index contributed by atoms with van der Waals surface area (Å²) < 4.78 is 27.2. The van der Waals surface area contributed by atoms with E-state index in [2.05, 4.69) is 44.2 Å². The van der Waals surface area contributed by atoms with E-state index in [1.165, 1.54) is 11.1 Å². The number of guanidine groups is 1. The zero-order valence-electron chi connectivity index (χ0n) is 16.5. The standard InChI is InChI=1S/C21H26N4O2S.HI/c1-22-21(25-13-12-17-4-2-3-5-18(17)15-25)23-14-16-6-10-20(11-7-16)28(26,27)24-19-8-9-19;/h2-7,10-11,19,24H,8-9,12-15H2,1H3,(H,22,23);1H. The third-order valence-corrected chi connectivity index (χ3v) is 6.76. The van der Waals surface area contributed by atoms with Gasteiger partial charge in [-0.25, -0.2) is 13.1 Å².